The van der Waals surface area contributed by atoms with E-state index in [2.05, 4.69) is 10.4 Å². The molecule has 1 amide bonds. The highest BCUT2D eigenvalue weighted by atomic mass is 16.5. The fourth-order valence-corrected chi connectivity index (χ4v) is 2.59. The number of nitrogens with one attached hydrogen (secondary N) is 1. The van der Waals surface area contributed by atoms with E-state index in [1.165, 1.54) is 0 Å². The number of carbonyl (C=O) groups is 1. The first-order valence-electron chi connectivity index (χ1n) is 8.13. The molecule has 0 radical (unpaired) electrons. The van der Waals surface area contributed by atoms with E-state index in [-0.39, 0.29) is 12.6 Å². The van der Waals surface area contributed by atoms with Crippen molar-refractivity contribution in [3.63, 3.8) is 0 Å². The van der Waals surface area contributed by atoms with Crippen LogP contribution in [0, 0.1) is 0 Å². The molecule has 2 aromatic carbocycles. The molecule has 0 aliphatic rings. The van der Waals surface area contributed by atoms with Gasteiger partial charge in [-0.2, -0.15) is 5.10 Å². The Balaban J connectivity index is 1.57. The van der Waals surface area contributed by atoms with Crippen molar-refractivity contribution in [2.75, 3.05) is 13.7 Å². The van der Waals surface area contributed by atoms with Crippen LogP contribution in [-0.4, -0.2) is 29.5 Å². The Hall–Kier alpha value is -3.02. The fourth-order valence-electron chi connectivity index (χ4n) is 2.59. The third kappa shape index (κ3) is 4.09. The molecule has 1 heterocycles. The molecule has 0 aliphatic heterocycles. The molecule has 1 aromatic heterocycles. The first kappa shape index (κ1) is 16.8. The number of hydrogen-bond acceptors (Lipinski definition) is 4. The molecule has 0 aliphatic carbocycles. The molecule has 0 spiro atoms. The van der Waals surface area contributed by atoms with E-state index < -0.39 is 6.09 Å². The monoisotopic (exact) mass is 339 g/mol. The predicted octanol–water partition coefficient (Wildman–Crippen LogP) is 3.53. The largest absolute Gasteiger partial charge is 0.497 e. The van der Waals surface area contributed by atoms with Crippen molar-refractivity contribution < 1.29 is 14.3 Å². The van der Waals surface area contributed by atoms with Gasteiger partial charge in [-0.1, -0.05) is 30.3 Å². The van der Waals surface area contributed by atoms with Gasteiger partial charge >= 0.3 is 6.09 Å². The third-order valence-corrected chi connectivity index (χ3v) is 3.98. The molecule has 3 rings (SSSR count). The van der Waals surface area contributed by atoms with Crippen LogP contribution in [0.15, 0.2) is 54.7 Å². The summed E-state index contributed by atoms with van der Waals surface area (Å²) in [7, 11) is 1.63. The Kier molecular flexibility index (Phi) is 5.18. The summed E-state index contributed by atoms with van der Waals surface area (Å²) in [6.07, 6.45) is 1.36. The standard InChI is InChI=1S/C19H21N3O3/c1-14(11-20-19(23)25-13-15-6-4-3-5-7-15)22-18-10-17(24-2)9-8-16(18)12-21-22/h3-10,12,14H,11,13H2,1-2H3,(H,20,23). The highest BCUT2D eigenvalue weighted by molar-refractivity contribution is 5.80. The van der Waals surface area contributed by atoms with Crippen molar-refractivity contribution in [1.29, 1.82) is 0 Å². The van der Waals surface area contributed by atoms with E-state index >= 15 is 0 Å². The minimum Gasteiger partial charge on any atom is -0.497 e. The quantitative estimate of drug-likeness (QED) is 0.746. The van der Waals surface area contributed by atoms with Gasteiger partial charge in [-0.25, -0.2) is 4.79 Å². The summed E-state index contributed by atoms with van der Waals surface area (Å²) in [4.78, 5) is 11.9. The Morgan fingerprint density at radius 2 is 2.04 bits per heavy atom. The van der Waals surface area contributed by atoms with Crippen LogP contribution in [0.5, 0.6) is 5.75 Å². The maximum atomic E-state index is 11.9. The Morgan fingerprint density at radius 3 is 2.80 bits per heavy atom. The molecule has 0 saturated heterocycles. The molecule has 0 fully saturated rings. The topological polar surface area (TPSA) is 65.4 Å². The average Bonchev–Trinajstić information content (AvgIpc) is 3.08. The van der Waals surface area contributed by atoms with Gasteiger partial charge in [-0.15, -0.1) is 0 Å². The predicted molar refractivity (Wildman–Crippen MR) is 95.6 cm³/mol. The molecule has 0 saturated carbocycles. The summed E-state index contributed by atoms with van der Waals surface area (Å²) in [6.45, 7) is 2.66. The molecule has 0 bridgehead atoms. The lowest BCUT2D eigenvalue weighted by Gasteiger charge is -2.15. The SMILES string of the molecule is COc1ccc2cnn(C(C)CNC(=O)OCc3ccccc3)c2c1. The number of amides is 1. The van der Waals surface area contributed by atoms with Gasteiger partial charge in [0.05, 0.1) is 24.9 Å². The van der Waals surface area contributed by atoms with Crippen molar-refractivity contribution in [2.24, 2.45) is 0 Å². The second-order valence-corrected chi connectivity index (χ2v) is 5.81. The normalized spacial score (nSPS) is 11.9. The zero-order valence-electron chi connectivity index (χ0n) is 14.3. The fraction of sp³-hybridized carbons (Fsp3) is 0.263. The van der Waals surface area contributed by atoms with Gasteiger partial charge in [-0.05, 0) is 24.6 Å². The highest BCUT2D eigenvalue weighted by Crippen LogP contribution is 2.22. The Morgan fingerprint density at radius 1 is 1.24 bits per heavy atom. The van der Waals surface area contributed by atoms with E-state index in [0.717, 1.165) is 22.2 Å². The van der Waals surface area contributed by atoms with Crippen molar-refractivity contribution in [3.8, 4) is 5.75 Å². The van der Waals surface area contributed by atoms with Crippen LogP contribution in [0.1, 0.15) is 18.5 Å². The van der Waals surface area contributed by atoms with Gasteiger partial charge in [0.2, 0.25) is 0 Å². The zero-order chi connectivity index (χ0) is 17.6. The van der Waals surface area contributed by atoms with E-state index in [0.29, 0.717) is 6.54 Å². The average molecular weight is 339 g/mol. The summed E-state index contributed by atoms with van der Waals surface area (Å²) in [6, 6.07) is 15.4. The Labute approximate surface area is 146 Å². The second-order valence-electron chi connectivity index (χ2n) is 5.81. The summed E-state index contributed by atoms with van der Waals surface area (Å²) >= 11 is 0. The lowest BCUT2D eigenvalue weighted by molar-refractivity contribution is 0.138. The molecule has 1 unspecified atom stereocenters. The lowest BCUT2D eigenvalue weighted by Crippen LogP contribution is -2.30. The summed E-state index contributed by atoms with van der Waals surface area (Å²) in [5, 5.41) is 8.22. The van der Waals surface area contributed by atoms with E-state index in [1.54, 1.807) is 13.3 Å². The van der Waals surface area contributed by atoms with E-state index in [1.807, 2.05) is 60.1 Å². The molecule has 6 heteroatoms. The van der Waals surface area contributed by atoms with Crippen molar-refractivity contribution >= 4 is 17.0 Å². The smallest absolute Gasteiger partial charge is 0.407 e. The van der Waals surface area contributed by atoms with Gasteiger partial charge in [0.25, 0.3) is 0 Å². The van der Waals surface area contributed by atoms with Crippen LogP contribution in [0.25, 0.3) is 10.9 Å². The molecular formula is C19H21N3O3. The van der Waals surface area contributed by atoms with Gasteiger partial charge < -0.3 is 14.8 Å². The number of methoxy groups -OCH3 is 1. The number of rotatable bonds is 6. The van der Waals surface area contributed by atoms with Crippen molar-refractivity contribution in [2.45, 2.75) is 19.6 Å². The first-order valence-corrected chi connectivity index (χ1v) is 8.13. The van der Waals surface area contributed by atoms with Gasteiger partial charge in [-0.3, -0.25) is 4.68 Å². The number of fused-ring (bicyclic) bond motifs is 1. The summed E-state index contributed by atoms with van der Waals surface area (Å²) in [5.74, 6) is 0.775. The number of nitrogens with zero attached hydrogens (tertiary/aromatic N) is 2. The van der Waals surface area contributed by atoms with Crippen LogP contribution in [0.4, 0.5) is 4.79 Å². The van der Waals surface area contributed by atoms with Crippen LogP contribution < -0.4 is 10.1 Å². The van der Waals surface area contributed by atoms with Gasteiger partial charge in [0.1, 0.15) is 12.4 Å². The van der Waals surface area contributed by atoms with Crippen LogP contribution in [0.2, 0.25) is 0 Å². The van der Waals surface area contributed by atoms with Crippen LogP contribution >= 0.6 is 0 Å². The highest BCUT2D eigenvalue weighted by Gasteiger charge is 2.12. The van der Waals surface area contributed by atoms with Gasteiger partial charge in [0.15, 0.2) is 0 Å². The Bertz CT molecular complexity index is 846. The number of hydrogen-bond donors (Lipinski definition) is 1. The van der Waals surface area contributed by atoms with Crippen LogP contribution in [0.3, 0.4) is 0 Å². The number of benzene rings is 2. The number of alkyl carbamates (subject to hydrolysis) is 1. The zero-order valence-corrected chi connectivity index (χ0v) is 14.3. The summed E-state index contributed by atoms with van der Waals surface area (Å²) < 4.78 is 12.4. The molecule has 1 atom stereocenters. The summed E-state index contributed by atoms with van der Waals surface area (Å²) in [5.41, 5.74) is 1.92. The van der Waals surface area contributed by atoms with Gasteiger partial charge in [0, 0.05) is 18.0 Å². The lowest BCUT2D eigenvalue weighted by atomic mass is 10.2. The first-order chi connectivity index (χ1) is 12.2. The van der Waals surface area contributed by atoms with Crippen molar-refractivity contribution in [3.05, 3.63) is 60.3 Å². The molecule has 130 valence electrons. The minimum absolute atomic E-state index is 0.0196. The van der Waals surface area contributed by atoms with Crippen molar-refractivity contribution in [1.82, 2.24) is 15.1 Å². The van der Waals surface area contributed by atoms with Crippen LogP contribution in [-0.2, 0) is 11.3 Å². The molecule has 25 heavy (non-hydrogen) atoms. The second kappa shape index (κ2) is 7.70. The third-order valence-electron chi connectivity index (χ3n) is 3.98. The molecule has 6 nitrogen and oxygen atoms in total. The molecular weight excluding hydrogens is 318 g/mol. The minimum atomic E-state index is -0.440. The molecule has 1 N–H and O–H groups in total. The maximum Gasteiger partial charge on any atom is 0.407 e. The maximum absolute atomic E-state index is 11.9. The van der Waals surface area contributed by atoms with E-state index in [4.69, 9.17) is 9.47 Å². The number of carbonyl (C=O) groups excluding carboxylic acids is 1. The molecule has 3 aromatic rings. The number of ether oxygens (including phenoxy) is 2. The number of aromatic nitrogens is 2. The van der Waals surface area contributed by atoms with E-state index in [9.17, 15) is 4.79 Å².